The van der Waals surface area contributed by atoms with Crippen molar-refractivity contribution in [1.82, 2.24) is 24.0 Å². The summed E-state index contributed by atoms with van der Waals surface area (Å²) in [6.45, 7) is 0.122. The zero-order chi connectivity index (χ0) is 19.7. The number of nitrogens with one attached hydrogen (secondary N) is 1. The number of rotatable bonds is 5. The van der Waals surface area contributed by atoms with Gasteiger partial charge in [0.05, 0.1) is 0 Å². The zero-order valence-corrected chi connectivity index (χ0v) is 15.5. The Labute approximate surface area is 157 Å². The third kappa shape index (κ3) is 3.63. The van der Waals surface area contributed by atoms with Crippen LogP contribution in [0.25, 0.3) is 11.2 Å². The van der Waals surface area contributed by atoms with E-state index >= 15 is 0 Å². The van der Waals surface area contributed by atoms with E-state index in [9.17, 15) is 18.8 Å². The van der Waals surface area contributed by atoms with Crippen molar-refractivity contribution in [1.29, 1.82) is 0 Å². The molecular weight excluding hydrogens is 377 g/mol. The van der Waals surface area contributed by atoms with Gasteiger partial charge in [0.2, 0.25) is 11.2 Å². The van der Waals surface area contributed by atoms with Crippen molar-refractivity contribution in [2.24, 2.45) is 14.1 Å². The molecule has 1 aromatic carbocycles. The molecule has 3 rings (SSSR count). The topological polar surface area (TPSA) is 90.9 Å². The number of nitrogens with zero attached hydrogens (tertiary/aromatic N) is 4. The van der Waals surface area contributed by atoms with Gasteiger partial charge in [0.25, 0.3) is 5.56 Å². The SMILES string of the molecule is Cn1c(=O)c2c(nc(Cl)n2CC(=O)NCCc2ccc(F)cc2)n(C)c1=O. The highest BCUT2D eigenvalue weighted by molar-refractivity contribution is 6.29. The maximum Gasteiger partial charge on any atom is 0.332 e. The highest BCUT2D eigenvalue weighted by Gasteiger charge is 2.19. The highest BCUT2D eigenvalue weighted by atomic mass is 35.5. The number of hydrogen-bond donors (Lipinski definition) is 1. The normalized spacial score (nSPS) is 11.1. The number of fused-ring (bicyclic) bond motifs is 1. The van der Waals surface area contributed by atoms with Crippen LogP contribution in [0.5, 0.6) is 0 Å². The molecule has 0 fully saturated rings. The van der Waals surface area contributed by atoms with Gasteiger partial charge in [-0.2, -0.15) is 4.98 Å². The van der Waals surface area contributed by atoms with Gasteiger partial charge in [-0.3, -0.25) is 23.3 Å². The van der Waals surface area contributed by atoms with Gasteiger partial charge in [-0.1, -0.05) is 12.1 Å². The molecule has 0 saturated heterocycles. The van der Waals surface area contributed by atoms with Gasteiger partial charge >= 0.3 is 5.69 Å². The largest absolute Gasteiger partial charge is 0.354 e. The predicted octanol–water partition coefficient (Wildman–Crippen LogP) is 0.585. The third-order valence-corrected chi connectivity index (χ3v) is 4.54. The molecule has 1 N–H and O–H groups in total. The van der Waals surface area contributed by atoms with E-state index in [1.807, 2.05) is 0 Å². The standard InChI is InChI=1S/C17H17ClFN5O3/c1-22-14-13(15(26)23(2)17(22)27)24(16(18)21-14)9-12(25)20-8-7-10-3-5-11(19)6-4-10/h3-6H,7-9H2,1-2H3,(H,20,25). The predicted molar refractivity (Wildman–Crippen MR) is 98.3 cm³/mol. The fourth-order valence-corrected chi connectivity index (χ4v) is 2.99. The highest BCUT2D eigenvalue weighted by Crippen LogP contribution is 2.15. The van der Waals surface area contributed by atoms with Crippen molar-refractivity contribution < 1.29 is 9.18 Å². The Morgan fingerprint density at radius 1 is 1.19 bits per heavy atom. The van der Waals surface area contributed by atoms with E-state index in [0.717, 1.165) is 10.1 Å². The Bertz CT molecular complexity index is 1130. The molecule has 0 saturated carbocycles. The summed E-state index contributed by atoms with van der Waals surface area (Å²) in [6.07, 6.45) is 0.528. The molecule has 2 heterocycles. The Hall–Kier alpha value is -2.94. The van der Waals surface area contributed by atoms with Crippen LogP contribution < -0.4 is 16.6 Å². The number of benzene rings is 1. The van der Waals surface area contributed by atoms with Gasteiger partial charge < -0.3 is 5.32 Å². The summed E-state index contributed by atoms with van der Waals surface area (Å²) in [7, 11) is 2.82. The molecule has 3 aromatic rings. The second kappa shape index (κ2) is 7.36. The maximum atomic E-state index is 12.9. The van der Waals surface area contributed by atoms with Crippen LogP contribution in [0.3, 0.4) is 0 Å². The van der Waals surface area contributed by atoms with Crippen molar-refractivity contribution in [3.63, 3.8) is 0 Å². The van der Waals surface area contributed by atoms with Crippen molar-refractivity contribution in [2.45, 2.75) is 13.0 Å². The molecule has 0 bridgehead atoms. The summed E-state index contributed by atoms with van der Waals surface area (Å²) in [5, 5.41) is 2.66. The first kappa shape index (κ1) is 18.8. The fraction of sp³-hybridized carbons (Fsp3) is 0.294. The maximum absolute atomic E-state index is 12.9. The smallest absolute Gasteiger partial charge is 0.332 e. The molecule has 10 heteroatoms. The van der Waals surface area contributed by atoms with Gasteiger partial charge in [0, 0.05) is 20.6 Å². The van der Waals surface area contributed by atoms with Crippen LogP contribution in [0.1, 0.15) is 5.56 Å². The average molecular weight is 394 g/mol. The van der Waals surface area contributed by atoms with Gasteiger partial charge in [-0.25, -0.2) is 9.18 Å². The van der Waals surface area contributed by atoms with Crippen LogP contribution in [-0.4, -0.2) is 31.1 Å². The molecule has 1 amide bonds. The lowest BCUT2D eigenvalue weighted by atomic mass is 10.1. The molecule has 0 aliphatic carbocycles. The number of carbonyl (C=O) groups is 1. The molecule has 0 aliphatic heterocycles. The lowest BCUT2D eigenvalue weighted by Crippen LogP contribution is -2.38. The van der Waals surface area contributed by atoms with Gasteiger partial charge in [-0.15, -0.1) is 0 Å². The summed E-state index contributed by atoms with van der Waals surface area (Å²) in [4.78, 5) is 40.7. The van der Waals surface area contributed by atoms with E-state index < -0.39 is 11.2 Å². The Morgan fingerprint density at radius 2 is 1.85 bits per heavy atom. The second-order valence-electron chi connectivity index (χ2n) is 6.07. The van der Waals surface area contributed by atoms with Crippen LogP contribution in [0, 0.1) is 5.82 Å². The molecule has 0 radical (unpaired) electrons. The molecule has 27 heavy (non-hydrogen) atoms. The van der Waals surface area contributed by atoms with Crippen molar-refractivity contribution in [3.05, 3.63) is 61.8 Å². The molecule has 142 valence electrons. The first-order chi connectivity index (χ1) is 12.8. The van der Waals surface area contributed by atoms with Crippen molar-refractivity contribution in [3.8, 4) is 0 Å². The minimum absolute atomic E-state index is 0.0583. The van der Waals surface area contributed by atoms with Crippen molar-refractivity contribution in [2.75, 3.05) is 6.54 Å². The molecule has 0 spiro atoms. The van der Waals surface area contributed by atoms with Crippen LogP contribution in [0.2, 0.25) is 5.28 Å². The molecular formula is C17H17ClFN5O3. The fourth-order valence-electron chi connectivity index (χ4n) is 2.76. The van der Waals surface area contributed by atoms with Crippen LogP contribution in [0.15, 0.2) is 33.9 Å². The van der Waals surface area contributed by atoms with Gasteiger partial charge in [0.15, 0.2) is 11.2 Å². The minimum Gasteiger partial charge on any atom is -0.354 e. The lowest BCUT2D eigenvalue weighted by Gasteiger charge is -2.08. The number of carbonyl (C=O) groups excluding carboxylic acids is 1. The average Bonchev–Trinajstić information content (AvgIpc) is 2.96. The number of halogens is 2. The van der Waals surface area contributed by atoms with E-state index in [1.54, 1.807) is 12.1 Å². The lowest BCUT2D eigenvalue weighted by molar-refractivity contribution is -0.121. The number of imidazole rings is 1. The summed E-state index contributed by atoms with van der Waals surface area (Å²) >= 11 is 6.08. The summed E-state index contributed by atoms with van der Waals surface area (Å²) in [5.74, 6) is -0.686. The van der Waals surface area contributed by atoms with E-state index in [0.29, 0.717) is 13.0 Å². The van der Waals surface area contributed by atoms with Crippen LogP contribution in [-0.2, 0) is 31.9 Å². The quantitative estimate of drug-likeness (QED) is 0.642. The number of hydrogen-bond acceptors (Lipinski definition) is 4. The van der Waals surface area contributed by atoms with E-state index in [-0.39, 0.29) is 34.7 Å². The number of aryl methyl sites for hydroxylation is 1. The van der Waals surface area contributed by atoms with Gasteiger partial charge in [0.1, 0.15) is 12.4 Å². The minimum atomic E-state index is -0.577. The molecule has 0 atom stereocenters. The molecule has 8 nitrogen and oxygen atoms in total. The Balaban J connectivity index is 1.77. The first-order valence-corrected chi connectivity index (χ1v) is 8.50. The molecule has 2 aromatic heterocycles. The van der Waals surface area contributed by atoms with E-state index in [2.05, 4.69) is 10.3 Å². The first-order valence-electron chi connectivity index (χ1n) is 8.12. The van der Waals surface area contributed by atoms with Gasteiger partial charge in [-0.05, 0) is 35.7 Å². The summed E-state index contributed by atoms with van der Waals surface area (Å²) < 4.78 is 16.3. The van der Waals surface area contributed by atoms with Crippen molar-refractivity contribution >= 4 is 28.7 Å². The zero-order valence-electron chi connectivity index (χ0n) is 14.7. The Morgan fingerprint density at radius 3 is 2.52 bits per heavy atom. The van der Waals surface area contributed by atoms with E-state index in [4.69, 9.17) is 11.6 Å². The second-order valence-corrected chi connectivity index (χ2v) is 6.41. The summed E-state index contributed by atoms with van der Waals surface area (Å²) in [6, 6.07) is 6.00. The van der Waals surface area contributed by atoms with Crippen LogP contribution in [0.4, 0.5) is 4.39 Å². The molecule has 0 aliphatic rings. The number of aromatic nitrogens is 4. The summed E-state index contributed by atoms with van der Waals surface area (Å²) in [5.41, 5.74) is -0.0265. The van der Waals surface area contributed by atoms with E-state index in [1.165, 1.54) is 35.4 Å². The monoisotopic (exact) mass is 393 g/mol. The third-order valence-electron chi connectivity index (χ3n) is 4.25. The Kier molecular flexibility index (Phi) is 5.13. The van der Waals surface area contributed by atoms with Crippen LogP contribution >= 0.6 is 11.6 Å². The number of amides is 1. The molecule has 0 unspecified atom stereocenters.